The van der Waals surface area contributed by atoms with Gasteiger partial charge < -0.3 is 30.7 Å². The van der Waals surface area contributed by atoms with Crippen molar-refractivity contribution in [2.24, 2.45) is 0 Å². The summed E-state index contributed by atoms with van der Waals surface area (Å²) >= 11 is 0. The van der Waals surface area contributed by atoms with Crippen molar-refractivity contribution in [2.45, 2.75) is 6.42 Å². The Bertz CT molecular complexity index is 674. The molecule has 25 heavy (non-hydrogen) atoms. The van der Waals surface area contributed by atoms with Crippen LogP contribution < -0.4 is 30.7 Å². The minimum atomic E-state index is 0.664. The Morgan fingerprint density at radius 2 is 1.16 bits per heavy atom. The van der Waals surface area contributed by atoms with Crippen molar-refractivity contribution in [2.75, 3.05) is 61.7 Å². The summed E-state index contributed by atoms with van der Waals surface area (Å²) in [4.78, 5) is 4.74. The van der Waals surface area contributed by atoms with Crippen molar-refractivity contribution in [3.8, 4) is 11.5 Å². The maximum Gasteiger partial charge on any atom is 0.143 e. The Kier molecular flexibility index (Phi) is 5.07. The van der Waals surface area contributed by atoms with Crippen LogP contribution in [-0.4, -0.2) is 40.4 Å². The third-order valence-electron chi connectivity index (χ3n) is 4.66. The van der Waals surface area contributed by atoms with E-state index < -0.39 is 0 Å². The molecule has 0 atom stereocenters. The molecule has 2 aromatic carbocycles. The van der Waals surface area contributed by atoms with Crippen molar-refractivity contribution < 1.29 is 9.47 Å². The molecule has 0 aromatic heterocycles. The van der Waals surface area contributed by atoms with Crippen molar-refractivity contribution in [3.05, 3.63) is 36.4 Å². The van der Waals surface area contributed by atoms with Crippen LogP contribution >= 0.6 is 0 Å². The summed E-state index contributed by atoms with van der Waals surface area (Å²) in [6.07, 6.45) is 1.07. The van der Waals surface area contributed by atoms with E-state index in [4.69, 9.17) is 20.9 Å². The highest BCUT2D eigenvalue weighted by atomic mass is 16.5. The Morgan fingerprint density at radius 1 is 0.720 bits per heavy atom. The molecule has 0 radical (unpaired) electrons. The fraction of sp³-hybridized carbons (Fsp3) is 0.368. The first-order valence-corrected chi connectivity index (χ1v) is 8.49. The first-order chi connectivity index (χ1) is 12.1. The van der Waals surface area contributed by atoms with Crippen LogP contribution in [-0.2, 0) is 0 Å². The summed E-state index contributed by atoms with van der Waals surface area (Å²) in [6, 6.07) is 11.9. The lowest BCUT2D eigenvalue weighted by Crippen LogP contribution is -2.30. The lowest BCUT2D eigenvalue weighted by molar-refractivity contribution is 0.417. The van der Waals surface area contributed by atoms with Crippen molar-refractivity contribution in [1.82, 2.24) is 0 Å². The normalized spacial score (nSPS) is 15.0. The van der Waals surface area contributed by atoms with Crippen LogP contribution in [0.25, 0.3) is 0 Å². The maximum atomic E-state index is 5.92. The molecule has 0 saturated carbocycles. The second-order valence-corrected chi connectivity index (χ2v) is 6.18. The van der Waals surface area contributed by atoms with E-state index in [1.54, 1.807) is 14.2 Å². The molecule has 4 N–H and O–H groups in total. The van der Waals surface area contributed by atoms with Gasteiger partial charge in [0.1, 0.15) is 11.5 Å². The zero-order valence-electron chi connectivity index (χ0n) is 14.9. The summed E-state index contributed by atoms with van der Waals surface area (Å²) in [5, 5.41) is 0. The van der Waals surface area contributed by atoms with Gasteiger partial charge in [-0.3, -0.25) is 0 Å². The van der Waals surface area contributed by atoms with Crippen molar-refractivity contribution in [3.63, 3.8) is 0 Å². The van der Waals surface area contributed by atoms with Crippen LogP contribution in [0.15, 0.2) is 36.4 Å². The third kappa shape index (κ3) is 3.68. The number of nitrogen functional groups attached to an aromatic ring is 2. The predicted octanol–water partition coefficient (Wildman–Crippen LogP) is 2.58. The molecule has 1 fully saturated rings. The molecule has 3 rings (SSSR count). The topological polar surface area (TPSA) is 77.0 Å². The number of hydrogen-bond acceptors (Lipinski definition) is 6. The quantitative estimate of drug-likeness (QED) is 0.832. The average Bonchev–Trinajstić information content (AvgIpc) is 2.89. The number of rotatable bonds is 4. The van der Waals surface area contributed by atoms with Gasteiger partial charge in [0.2, 0.25) is 0 Å². The van der Waals surface area contributed by atoms with Crippen LogP contribution in [0.4, 0.5) is 22.7 Å². The molecular weight excluding hydrogens is 316 g/mol. The fourth-order valence-corrected chi connectivity index (χ4v) is 3.23. The predicted molar refractivity (Wildman–Crippen MR) is 104 cm³/mol. The number of benzene rings is 2. The Balaban J connectivity index is 1.74. The van der Waals surface area contributed by atoms with Gasteiger partial charge in [0.25, 0.3) is 0 Å². The highest BCUT2D eigenvalue weighted by molar-refractivity contribution is 5.64. The SMILES string of the molecule is COc1cc(N2CCCN(c3ccc(N)c(OC)c3)CC2)ccc1N. The zero-order chi connectivity index (χ0) is 17.8. The van der Waals surface area contributed by atoms with Crippen LogP contribution in [0.3, 0.4) is 0 Å². The smallest absolute Gasteiger partial charge is 0.143 e. The van der Waals surface area contributed by atoms with Gasteiger partial charge >= 0.3 is 0 Å². The van der Waals surface area contributed by atoms with Crippen LogP contribution in [0, 0.1) is 0 Å². The molecule has 6 nitrogen and oxygen atoms in total. The number of ether oxygens (including phenoxy) is 2. The summed E-state index contributed by atoms with van der Waals surface area (Å²) in [6.45, 7) is 3.85. The summed E-state index contributed by atoms with van der Waals surface area (Å²) in [7, 11) is 3.29. The van der Waals surface area contributed by atoms with Gasteiger partial charge in [-0.15, -0.1) is 0 Å². The second kappa shape index (κ2) is 7.42. The van der Waals surface area contributed by atoms with E-state index in [1.807, 2.05) is 24.3 Å². The molecular formula is C19H26N4O2. The van der Waals surface area contributed by atoms with E-state index in [1.165, 1.54) is 0 Å². The molecule has 0 amide bonds. The second-order valence-electron chi connectivity index (χ2n) is 6.18. The number of anilines is 4. The monoisotopic (exact) mass is 342 g/mol. The van der Waals surface area contributed by atoms with Gasteiger partial charge in [-0.2, -0.15) is 0 Å². The number of methoxy groups -OCH3 is 2. The van der Waals surface area contributed by atoms with Gasteiger partial charge in [-0.25, -0.2) is 0 Å². The maximum absolute atomic E-state index is 5.92. The fourth-order valence-electron chi connectivity index (χ4n) is 3.23. The molecule has 0 bridgehead atoms. The molecule has 134 valence electrons. The summed E-state index contributed by atoms with van der Waals surface area (Å²) < 4.78 is 10.7. The van der Waals surface area contributed by atoms with Crippen LogP contribution in [0.5, 0.6) is 11.5 Å². The molecule has 2 aromatic rings. The van der Waals surface area contributed by atoms with Crippen molar-refractivity contribution in [1.29, 1.82) is 0 Å². The summed E-state index contributed by atoms with van der Waals surface area (Å²) in [5.74, 6) is 1.45. The van der Waals surface area contributed by atoms with E-state index in [0.29, 0.717) is 11.4 Å². The Labute approximate surface area is 148 Å². The van der Waals surface area contributed by atoms with E-state index >= 15 is 0 Å². The van der Waals surface area contributed by atoms with E-state index in [-0.39, 0.29) is 0 Å². The van der Waals surface area contributed by atoms with Crippen LogP contribution in [0.1, 0.15) is 6.42 Å². The number of hydrogen-bond donors (Lipinski definition) is 2. The lowest BCUT2D eigenvalue weighted by Gasteiger charge is -2.25. The molecule has 1 saturated heterocycles. The van der Waals surface area contributed by atoms with Gasteiger partial charge in [0, 0.05) is 49.7 Å². The zero-order valence-corrected chi connectivity index (χ0v) is 14.9. The Morgan fingerprint density at radius 3 is 1.56 bits per heavy atom. The molecule has 0 spiro atoms. The number of nitrogens with zero attached hydrogens (tertiary/aromatic N) is 2. The highest BCUT2D eigenvalue weighted by Gasteiger charge is 2.17. The Hall–Kier alpha value is -2.76. The number of nitrogens with two attached hydrogens (primary N) is 2. The van der Waals surface area contributed by atoms with E-state index in [9.17, 15) is 0 Å². The van der Waals surface area contributed by atoms with Gasteiger partial charge in [-0.1, -0.05) is 0 Å². The minimum absolute atomic E-state index is 0.664. The minimum Gasteiger partial charge on any atom is -0.495 e. The standard InChI is InChI=1S/C19H26N4O2/c1-24-18-12-14(4-6-16(18)20)22-8-3-9-23(11-10-22)15-5-7-17(21)19(13-15)25-2/h4-7,12-13H,3,8-11,20-21H2,1-2H3. The van der Waals surface area contributed by atoms with Gasteiger partial charge in [0.05, 0.1) is 25.6 Å². The first-order valence-electron chi connectivity index (χ1n) is 8.49. The highest BCUT2D eigenvalue weighted by Crippen LogP contribution is 2.30. The molecule has 1 heterocycles. The van der Waals surface area contributed by atoms with E-state index in [0.717, 1.165) is 55.5 Å². The largest absolute Gasteiger partial charge is 0.495 e. The van der Waals surface area contributed by atoms with Gasteiger partial charge in [0.15, 0.2) is 0 Å². The molecule has 0 aliphatic carbocycles. The third-order valence-corrected chi connectivity index (χ3v) is 4.66. The van der Waals surface area contributed by atoms with E-state index in [2.05, 4.69) is 21.9 Å². The van der Waals surface area contributed by atoms with Crippen molar-refractivity contribution >= 4 is 22.7 Å². The molecule has 1 aliphatic heterocycles. The lowest BCUT2D eigenvalue weighted by atomic mass is 10.2. The van der Waals surface area contributed by atoms with Gasteiger partial charge in [-0.05, 0) is 30.7 Å². The molecule has 0 unspecified atom stereocenters. The summed E-state index contributed by atoms with van der Waals surface area (Å²) in [5.41, 5.74) is 15.5. The van der Waals surface area contributed by atoms with Crippen LogP contribution in [0.2, 0.25) is 0 Å². The molecule has 1 aliphatic rings. The first kappa shape index (κ1) is 17.1. The molecule has 6 heteroatoms. The average molecular weight is 342 g/mol.